The quantitative estimate of drug-likeness (QED) is 0.195. The molecule has 4 aliphatic carbocycles. The van der Waals surface area contributed by atoms with Crippen molar-refractivity contribution in [2.75, 3.05) is 6.61 Å². The summed E-state index contributed by atoms with van der Waals surface area (Å²) in [5.74, 6) is -1.84. The smallest absolute Gasteiger partial charge is 0.338 e. The van der Waals surface area contributed by atoms with E-state index in [-0.39, 0.29) is 35.9 Å². The van der Waals surface area contributed by atoms with Crippen LogP contribution in [-0.2, 0) is 28.5 Å². The summed E-state index contributed by atoms with van der Waals surface area (Å²) in [4.78, 5) is 38.7. The average Bonchev–Trinajstić information content (AvgIpc) is 3.49. The van der Waals surface area contributed by atoms with Crippen LogP contribution in [0.1, 0.15) is 107 Å². The van der Waals surface area contributed by atoms with Gasteiger partial charge in [0.2, 0.25) is 0 Å². The van der Waals surface area contributed by atoms with Gasteiger partial charge in [-0.3, -0.25) is 4.79 Å². The Hall–Kier alpha value is -3.53. The first-order valence-corrected chi connectivity index (χ1v) is 19.2. The Labute approximate surface area is 306 Å². The molecule has 2 aliphatic heterocycles. The molecule has 0 unspecified atom stereocenters. The third kappa shape index (κ3) is 5.31. The van der Waals surface area contributed by atoms with Gasteiger partial charge < -0.3 is 28.8 Å². The van der Waals surface area contributed by atoms with Gasteiger partial charge in [-0.2, -0.15) is 0 Å². The summed E-state index contributed by atoms with van der Waals surface area (Å²) in [6, 6.07) is 18.0. The Bertz CT molecular complexity index is 1750. The summed E-state index contributed by atoms with van der Waals surface area (Å²) in [7, 11) is 0. The van der Waals surface area contributed by atoms with Crippen LogP contribution < -0.4 is 0 Å². The van der Waals surface area contributed by atoms with E-state index in [1.165, 1.54) is 6.92 Å². The first kappa shape index (κ1) is 35.5. The summed E-state index contributed by atoms with van der Waals surface area (Å²) < 4.78 is 31.8. The summed E-state index contributed by atoms with van der Waals surface area (Å²) in [6.07, 6.45) is 6.86. The van der Waals surface area contributed by atoms with Crippen LogP contribution in [0.25, 0.3) is 0 Å². The number of rotatable bonds is 5. The van der Waals surface area contributed by atoms with Crippen LogP contribution >= 0.6 is 0 Å². The number of hydrogen-bond donors (Lipinski definition) is 1. The molecular weight excluding hydrogens is 660 g/mol. The molecule has 52 heavy (non-hydrogen) atoms. The van der Waals surface area contributed by atoms with Crippen LogP contribution in [0.4, 0.5) is 0 Å². The van der Waals surface area contributed by atoms with E-state index in [9.17, 15) is 19.5 Å². The Kier molecular flexibility index (Phi) is 8.55. The molecule has 5 fully saturated rings. The molecule has 2 aromatic rings. The highest BCUT2D eigenvalue weighted by Gasteiger charge is 2.77. The highest BCUT2D eigenvalue weighted by Crippen LogP contribution is 2.71. The van der Waals surface area contributed by atoms with Crippen molar-refractivity contribution in [1.82, 2.24) is 0 Å². The van der Waals surface area contributed by atoms with E-state index in [4.69, 9.17) is 23.7 Å². The Morgan fingerprint density at radius 1 is 0.827 bits per heavy atom. The molecule has 1 spiro atoms. The van der Waals surface area contributed by atoms with Crippen LogP contribution in [0, 0.1) is 34.5 Å². The third-order valence-corrected chi connectivity index (χ3v) is 14.6. The molecule has 9 nitrogen and oxygen atoms in total. The van der Waals surface area contributed by atoms with Gasteiger partial charge in [-0.05, 0) is 106 Å². The Morgan fingerprint density at radius 3 is 2.13 bits per heavy atom. The monoisotopic (exact) mass is 712 g/mol. The van der Waals surface area contributed by atoms with Crippen molar-refractivity contribution in [2.45, 2.75) is 121 Å². The normalized spacial score (nSPS) is 43.3. The SMILES string of the molecule is CC(=O)O[C@H]1CC[C@@]2(C)[C@@H](CC[C@H]3C4=C[C@@H]5O[C@]6(CC[C@@](C)(OC(=O)c7ccccc7)CO6)[C@@H](C)[C@]5(O)[C@@]4(C)[C@H](OC(=O)c4ccccc4)C[C@@H]32)C1. The second-order valence-electron chi connectivity index (χ2n) is 17.2. The molecule has 12 atom stereocenters. The molecule has 2 aromatic carbocycles. The molecular formula is C43H52O9. The van der Waals surface area contributed by atoms with Gasteiger partial charge in [0.05, 0.1) is 23.1 Å². The van der Waals surface area contributed by atoms with E-state index >= 15 is 0 Å². The lowest BCUT2D eigenvalue weighted by atomic mass is 9.44. The molecule has 0 radical (unpaired) electrons. The lowest BCUT2D eigenvalue weighted by molar-refractivity contribution is -0.288. The lowest BCUT2D eigenvalue weighted by Crippen LogP contribution is -2.65. The molecule has 0 bridgehead atoms. The zero-order chi connectivity index (χ0) is 36.7. The summed E-state index contributed by atoms with van der Waals surface area (Å²) in [6.45, 7) is 9.95. The van der Waals surface area contributed by atoms with Crippen LogP contribution in [0.2, 0.25) is 0 Å². The highest BCUT2D eigenvalue weighted by atomic mass is 16.7. The predicted molar refractivity (Wildman–Crippen MR) is 191 cm³/mol. The largest absolute Gasteiger partial charge is 0.463 e. The molecule has 2 saturated heterocycles. The van der Waals surface area contributed by atoms with Crippen molar-refractivity contribution in [3.8, 4) is 0 Å². The second kappa shape index (κ2) is 12.5. The van der Waals surface area contributed by atoms with E-state index in [1.54, 1.807) is 36.4 Å². The summed E-state index contributed by atoms with van der Waals surface area (Å²) in [5.41, 5.74) is -1.18. The Balaban J connectivity index is 1.10. The van der Waals surface area contributed by atoms with Crippen molar-refractivity contribution in [1.29, 1.82) is 0 Å². The number of esters is 3. The summed E-state index contributed by atoms with van der Waals surface area (Å²) >= 11 is 0. The highest BCUT2D eigenvalue weighted by molar-refractivity contribution is 5.90. The van der Waals surface area contributed by atoms with Gasteiger partial charge in [-0.15, -0.1) is 0 Å². The van der Waals surface area contributed by atoms with Crippen LogP contribution in [0.5, 0.6) is 0 Å². The number of benzene rings is 2. The van der Waals surface area contributed by atoms with Crippen LogP contribution in [-0.4, -0.2) is 64.9 Å². The maximum absolute atomic E-state index is 13.9. The van der Waals surface area contributed by atoms with Crippen molar-refractivity contribution in [3.63, 3.8) is 0 Å². The first-order chi connectivity index (χ1) is 24.7. The van der Waals surface area contributed by atoms with Crippen molar-refractivity contribution in [3.05, 3.63) is 83.4 Å². The first-order valence-electron chi connectivity index (χ1n) is 19.2. The van der Waals surface area contributed by atoms with E-state index in [0.717, 1.165) is 37.7 Å². The standard InChI is InChI=1S/C43H52O9/c1-26-42(21-20-39(3,25-48-42)52-38(46)29-14-10-7-11-15-29)51-36-24-34-32-17-16-30-22-31(49-27(2)44)18-19-40(30,4)33(32)23-35(41(34,5)43(26,36)47)50-37(45)28-12-8-6-9-13-28/h6-15,24,26,30-33,35-36,47H,16-23,25H2,1-5H3/t26-,30+,31+,32-,33+,35-,36+,39-,40+,41-,42-,43-/m1/s1. The van der Waals surface area contributed by atoms with Gasteiger partial charge >= 0.3 is 17.9 Å². The van der Waals surface area contributed by atoms with Gasteiger partial charge in [-0.25, -0.2) is 9.59 Å². The molecule has 278 valence electrons. The van der Waals surface area contributed by atoms with E-state index in [2.05, 4.69) is 19.9 Å². The van der Waals surface area contributed by atoms with Gasteiger partial charge in [0.15, 0.2) is 5.79 Å². The number of aliphatic hydroxyl groups is 1. The molecule has 3 saturated carbocycles. The van der Waals surface area contributed by atoms with Gasteiger partial charge in [0.1, 0.15) is 29.5 Å². The third-order valence-electron chi connectivity index (χ3n) is 14.6. The molecule has 2 heterocycles. The minimum absolute atomic E-state index is 0.0404. The fourth-order valence-electron chi connectivity index (χ4n) is 11.6. The van der Waals surface area contributed by atoms with Gasteiger partial charge in [0.25, 0.3) is 0 Å². The number of fused-ring (bicyclic) bond motifs is 7. The van der Waals surface area contributed by atoms with Gasteiger partial charge in [0, 0.05) is 19.3 Å². The molecule has 6 aliphatic rings. The average molecular weight is 713 g/mol. The number of ether oxygens (including phenoxy) is 5. The summed E-state index contributed by atoms with van der Waals surface area (Å²) in [5, 5.41) is 13.3. The minimum atomic E-state index is -1.42. The van der Waals surface area contributed by atoms with E-state index in [0.29, 0.717) is 36.3 Å². The van der Waals surface area contributed by atoms with Crippen molar-refractivity contribution < 1.29 is 43.2 Å². The molecule has 0 aromatic heterocycles. The number of carbonyl (C=O) groups excluding carboxylic acids is 3. The molecule has 1 N–H and O–H groups in total. The molecule has 0 amide bonds. The van der Waals surface area contributed by atoms with E-state index < -0.39 is 52.5 Å². The number of carbonyl (C=O) groups is 3. The Morgan fingerprint density at radius 2 is 1.50 bits per heavy atom. The van der Waals surface area contributed by atoms with Crippen molar-refractivity contribution in [2.24, 2.45) is 34.5 Å². The maximum atomic E-state index is 13.9. The number of hydrogen-bond acceptors (Lipinski definition) is 9. The molecule has 9 heteroatoms. The van der Waals surface area contributed by atoms with Gasteiger partial charge in [-0.1, -0.05) is 61.9 Å². The predicted octanol–water partition coefficient (Wildman–Crippen LogP) is 7.21. The van der Waals surface area contributed by atoms with E-state index in [1.807, 2.05) is 38.1 Å². The van der Waals surface area contributed by atoms with Crippen LogP contribution in [0.3, 0.4) is 0 Å². The second-order valence-corrected chi connectivity index (χ2v) is 17.2. The van der Waals surface area contributed by atoms with Crippen molar-refractivity contribution >= 4 is 17.9 Å². The van der Waals surface area contributed by atoms with Crippen LogP contribution in [0.15, 0.2) is 72.3 Å². The zero-order valence-electron chi connectivity index (χ0n) is 31.0. The minimum Gasteiger partial charge on any atom is -0.463 e. The maximum Gasteiger partial charge on any atom is 0.338 e. The fourth-order valence-corrected chi connectivity index (χ4v) is 11.6. The lowest BCUT2D eigenvalue weighted by Gasteiger charge is -2.62. The molecule has 8 rings (SSSR count). The fraction of sp³-hybridized carbons (Fsp3) is 0.605. The zero-order valence-corrected chi connectivity index (χ0v) is 31.0. The topological polar surface area (TPSA) is 118 Å².